The Hall–Kier alpha value is -4.80. The lowest BCUT2D eigenvalue weighted by Crippen LogP contribution is -2.27. The summed E-state index contributed by atoms with van der Waals surface area (Å²) >= 11 is 0. The number of unbranched alkanes of at least 4 members (excludes halogenated alkanes) is 2. The maximum atomic E-state index is 11.1. The number of carboxylic acids is 1. The predicted molar refractivity (Wildman–Crippen MR) is 194 cm³/mol. The molecule has 7 heteroatoms. The fourth-order valence-electron chi connectivity index (χ4n) is 7.41. The number of ether oxygens (including phenoxy) is 1. The molecule has 49 heavy (non-hydrogen) atoms. The van der Waals surface area contributed by atoms with E-state index in [0.717, 1.165) is 38.6 Å². The number of carboxylic acid groups (broad SMARTS) is 1. The molecule has 256 valence electrons. The number of anilines is 1. The van der Waals surface area contributed by atoms with Gasteiger partial charge in [0.25, 0.3) is 0 Å². The van der Waals surface area contributed by atoms with Gasteiger partial charge in [0.1, 0.15) is 29.4 Å². The Labute approximate surface area is 292 Å². The largest absolute Gasteiger partial charge is 0.481 e. The molecule has 1 atom stereocenters. The lowest BCUT2D eigenvalue weighted by molar-refractivity contribution is -0.137. The van der Waals surface area contributed by atoms with Gasteiger partial charge in [-0.25, -0.2) is 0 Å². The van der Waals surface area contributed by atoms with Gasteiger partial charge in [0.15, 0.2) is 11.3 Å². The fraction of sp³-hybridized carbons (Fsp3) is 0.476. The maximum Gasteiger partial charge on any atom is 0.303 e. The number of nitrogens with zero attached hydrogens (tertiary/aromatic N) is 4. The minimum absolute atomic E-state index is 0.0527. The van der Waals surface area contributed by atoms with Crippen LogP contribution in [-0.4, -0.2) is 23.2 Å². The number of fused-ring (bicyclic) bond motifs is 1. The smallest absolute Gasteiger partial charge is 0.303 e. The Morgan fingerprint density at radius 3 is 2.33 bits per heavy atom. The van der Waals surface area contributed by atoms with Crippen molar-refractivity contribution < 1.29 is 14.6 Å². The Balaban J connectivity index is 1.80. The normalized spacial score (nSPS) is 21.5. The van der Waals surface area contributed by atoms with Crippen LogP contribution in [0.5, 0.6) is 0 Å². The van der Waals surface area contributed by atoms with Gasteiger partial charge in [0.05, 0.1) is 0 Å². The first-order valence-electron chi connectivity index (χ1n) is 17.4. The first kappa shape index (κ1) is 37.0. The molecule has 3 aliphatic rings. The van der Waals surface area contributed by atoms with Crippen LogP contribution in [0.15, 0.2) is 93.5 Å². The molecule has 0 bridgehead atoms. The van der Waals surface area contributed by atoms with Crippen LogP contribution in [-0.2, 0) is 14.9 Å². The third-order valence-electron chi connectivity index (χ3n) is 10.3. The molecule has 2 heterocycles. The number of carbonyl (C=O) groups is 1. The van der Waals surface area contributed by atoms with Gasteiger partial charge in [-0.1, -0.05) is 84.4 Å². The Morgan fingerprint density at radius 1 is 1.02 bits per heavy atom. The molecule has 1 aromatic rings. The van der Waals surface area contributed by atoms with Gasteiger partial charge in [-0.05, 0) is 91.7 Å². The highest BCUT2D eigenvalue weighted by Crippen LogP contribution is 2.49. The predicted octanol–water partition coefficient (Wildman–Crippen LogP) is 9.89. The van der Waals surface area contributed by atoms with Crippen molar-refractivity contribution in [3.63, 3.8) is 0 Å². The number of para-hydroxylation sites is 1. The summed E-state index contributed by atoms with van der Waals surface area (Å²) in [6, 6.07) is 14.5. The molecule has 0 saturated heterocycles. The van der Waals surface area contributed by atoms with Crippen LogP contribution in [0.2, 0.25) is 0 Å². The van der Waals surface area contributed by atoms with Gasteiger partial charge in [-0.15, -0.1) is 0 Å². The zero-order valence-electron chi connectivity index (χ0n) is 30.4. The number of allylic oxidation sites excluding steroid dienone is 9. The molecule has 2 aliphatic heterocycles. The second-order valence-corrected chi connectivity index (χ2v) is 15.3. The highest BCUT2D eigenvalue weighted by Gasteiger charge is 2.41. The number of benzene rings is 1. The van der Waals surface area contributed by atoms with Gasteiger partial charge in [0.2, 0.25) is 0 Å². The summed E-state index contributed by atoms with van der Waals surface area (Å²) in [6.07, 6.45) is 14.1. The van der Waals surface area contributed by atoms with Gasteiger partial charge >= 0.3 is 5.97 Å². The molecule has 1 unspecified atom stereocenters. The standard InChI is InChI=1S/C42H50N4O3/c1-9-32-28(18-20-34-33(27-45)39(30(25-43)26-44)49-42(34,7)8)23-31(40(2,3)4)24-29(32)19-21-37-41(5,6)35-15-12-13-16-36(35)46(37)22-14-10-11-17-38(47)48/h12-13,15-16,18-21,31H,9-11,14,17,22-24H2,1-8H3,(H,47,48)/b20-18+,29-19+,37-21+. The molecular formula is C42H50N4O3. The number of nitriles is 3. The molecule has 1 aliphatic carbocycles. The molecular weight excluding hydrogens is 608 g/mol. The Morgan fingerprint density at radius 2 is 1.71 bits per heavy atom. The van der Waals surface area contributed by atoms with Crippen molar-refractivity contribution in [2.75, 3.05) is 11.4 Å². The summed E-state index contributed by atoms with van der Waals surface area (Å²) in [5.74, 6) is -0.300. The molecule has 4 rings (SSSR count). The second-order valence-electron chi connectivity index (χ2n) is 15.3. The number of hydrogen-bond donors (Lipinski definition) is 1. The maximum absolute atomic E-state index is 11.1. The molecule has 1 aromatic carbocycles. The lowest BCUT2D eigenvalue weighted by Gasteiger charge is -2.37. The van der Waals surface area contributed by atoms with E-state index in [0.29, 0.717) is 17.9 Å². The van der Waals surface area contributed by atoms with E-state index >= 15 is 0 Å². The van der Waals surface area contributed by atoms with E-state index in [9.17, 15) is 20.6 Å². The quantitative estimate of drug-likeness (QED) is 0.196. The minimum atomic E-state index is -0.871. The molecule has 0 radical (unpaired) electrons. The highest BCUT2D eigenvalue weighted by molar-refractivity contribution is 5.71. The lowest BCUT2D eigenvalue weighted by atomic mass is 9.68. The summed E-state index contributed by atoms with van der Waals surface area (Å²) in [6.45, 7) is 18.2. The Bertz CT molecular complexity index is 1790. The average Bonchev–Trinajstić information content (AvgIpc) is 3.42. The van der Waals surface area contributed by atoms with Crippen molar-refractivity contribution in [3.05, 3.63) is 99.0 Å². The topological polar surface area (TPSA) is 121 Å². The molecule has 0 aromatic heterocycles. The third-order valence-corrected chi connectivity index (χ3v) is 10.3. The highest BCUT2D eigenvalue weighted by atomic mass is 16.5. The van der Waals surface area contributed by atoms with Crippen LogP contribution >= 0.6 is 0 Å². The summed E-state index contributed by atoms with van der Waals surface area (Å²) in [4.78, 5) is 13.5. The summed E-state index contributed by atoms with van der Waals surface area (Å²) < 4.78 is 6.02. The van der Waals surface area contributed by atoms with E-state index in [1.165, 1.54) is 33.7 Å². The number of hydrogen-bond acceptors (Lipinski definition) is 6. The number of aliphatic carboxylic acids is 1. The van der Waals surface area contributed by atoms with Crippen LogP contribution in [0.4, 0.5) is 5.69 Å². The summed E-state index contributed by atoms with van der Waals surface area (Å²) in [5.41, 5.74) is 7.26. The first-order valence-corrected chi connectivity index (χ1v) is 17.4. The zero-order valence-corrected chi connectivity index (χ0v) is 30.4. The average molecular weight is 659 g/mol. The molecule has 0 amide bonds. The van der Waals surface area contributed by atoms with Crippen LogP contribution in [0.3, 0.4) is 0 Å². The van der Waals surface area contributed by atoms with Gasteiger partial charge in [-0.3, -0.25) is 4.79 Å². The van der Waals surface area contributed by atoms with Crippen molar-refractivity contribution in [1.29, 1.82) is 15.8 Å². The van der Waals surface area contributed by atoms with Crippen LogP contribution < -0.4 is 4.90 Å². The SMILES string of the molecule is CCC1=C(/C=C/C2=C(C#N)C(=C(C#N)C#N)OC2(C)C)CC(C(C)(C)C)C/C1=C\C=C1\N(CCCCCC(=O)O)c2ccccc2C1(C)C. The second kappa shape index (κ2) is 14.8. The van der Waals surface area contributed by atoms with Gasteiger partial charge < -0.3 is 14.7 Å². The number of rotatable bonds is 10. The molecule has 0 fully saturated rings. The summed E-state index contributed by atoms with van der Waals surface area (Å²) in [5, 5.41) is 38.2. The molecule has 7 nitrogen and oxygen atoms in total. The monoisotopic (exact) mass is 658 g/mol. The molecule has 0 saturated carbocycles. The molecule has 1 N–H and O–H groups in total. The van der Waals surface area contributed by atoms with Gasteiger partial charge in [0, 0.05) is 35.3 Å². The van der Waals surface area contributed by atoms with Gasteiger partial charge in [-0.2, -0.15) is 15.8 Å². The van der Waals surface area contributed by atoms with E-state index < -0.39 is 11.6 Å². The third kappa shape index (κ3) is 7.76. The molecule has 0 spiro atoms. The van der Waals surface area contributed by atoms with E-state index in [2.05, 4.69) is 95.0 Å². The fourth-order valence-corrected chi connectivity index (χ4v) is 7.41. The van der Waals surface area contributed by atoms with E-state index in [4.69, 9.17) is 9.84 Å². The van der Waals surface area contributed by atoms with Crippen molar-refractivity contribution in [2.45, 2.75) is 111 Å². The van der Waals surface area contributed by atoms with E-state index in [-0.39, 0.29) is 34.2 Å². The van der Waals surface area contributed by atoms with Crippen molar-refractivity contribution in [2.24, 2.45) is 11.3 Å². The van der Waals surface area contributed by atoms with Crippen LogP contribution in [0.1, 0.15) is 106 Å². The van der Waals surface area contributed by atoms with Crippen molar-refractivity contribution in [3.8, 4) is 18.2 Å². The zero-order chi connectivity index (χ0) is 36.1. The van der Waals surface area contributed by atoms with E-state index in [1.807, 2.05) is 32.1 Å². The minimum Gasteiger partial charge on any atom is -0.481 e. The van der Waals surface area contributed by atoms with Crippen molar-refractivity contribution >= 4 is 11.7 Å². The van der Waals surface area contributed by atoms with E-state index in [1.54, 1.807) is 0 Å². The first-order chi connectivity index (χ1) is 23.1. The van der Waals surface area contributed by atoms with Crippen molar-refractivity contribution in [1.82, 2.24) is 0 Å². The van der Waals surface area contributed by atoms with Crippen LogP contribution in [0, 0.1) is 45.3 Å². The summed E-state index contributed by atoms with van der Waals surface area (Å²) in [7, 11) is 0. The van der Waals surface area contributed by atoms with Crippen LogP contribution in [0.25, 0.3) is 0 Å². The Kier molecular flexibility index (Phi) is 11.2.